The van der Waals surface area contributed by atoms with Gasteiger partial charge in [0.05, 0.1) is 35.9 Å². The Bertz CT molecular complexity index is 1300. The molecule has 9 heteroatoms. The van der Waals surface area contributed by atoms with E-state index in [9.17, 15) is 9.59 Å². The van der Waals surface area contributed by atoms with E-state index in [-0.39, 0.29) is 46.8 Å². The van der Waals surface area contributed by atoms with Crippen LogP contribution in [0.5, 0.6) is 0 Å². The van der Waals surface area contributed by atoms with Crippen LogP contribution in [0.15, 0.2) is 60.3 Å². The van der Waals surface area contributed by atoms with E-state index in [1.807, 2.05) is 19.1 Å². The van der Waals surface area contributed by atoms with Gasteiger partial charge in [0.1, 0.15) is 12.4 Å². The maximum Gasteiger partial charge on any atom is 0.331 e. The molecule has 3 heterocycles. The van der Waals surface area contributed by atoms with Gasteiger partial charge in [0.2, 0.25) is 0 Å². The minimum atomic E-state index is -2.13. The Balaban J connectivity index is 1.92. The number of carbonyl (C=O) groups is 2. The summed E-state index contributed by atoms with van der Waals surface area (Å²) in [6.07, 6.45) is 20.4. The normalized spacial score (nSPS) is 35.9. The molecule has 2 fully saturated rings. The zero-order valence-electron chi connectivity index (χ0n) is 33.4. The van der Waals surface area contributed by atoms with Crippen LogP contribution in [-0.2, 0) is 32.7 Å². The molecule has 3 aliphatic rings. The fourth-order valence-corrected chi connectivity index (χ4v) is 8.73. The third-order valence-electron chi connectivity index (χ3n) is 11.9. The molecule has 0 aromatic carbocycles. The van der Waals surface area contributed by atoms with Crippen LogP contribution in [0.4, 0.5) is 0 Å². The lowest BCUT2D eigenvalue weighted by Gasteiger charge is -2.49. The Morgan fingerprint density at radius 2 is 1.62 bits per heavy atom. The minimum Gasteiger partial charge on any atom is -0.458 e. The molecule has 2 saturated heterocycles. The smallest absolute Gasteiger partial charge is 0.331 e. The van der Waals surface area contributed by atoms with Crippen molar-refractivity contribution in [2.75, 3.05) is 6.61 Å². The quantitative estimate of drug-likeness (QED) is 0.112. The number of carbonyl (C=O) groups excluding carboxylic acids is 2. The largest absolute Gasteiger partial charge is 0.458 e. The first kappa shape index (κ1) is 42.5. The van der Waals surface area contributed by atoms with Crippen molar-refractivity contribution in [1.82, 2.24) is 0 Å². The highest BCUT2D eigenvalue weighted by Crippen LogP contribution is 2.44. The number of esters is 1. The molecule has 0 N–H and O–H groups in total. The van der Waals surface area contributed by atoms with Gasteiger partial charge >= 0.3 is 5.97 Å². The average molecular weight is 729 g/mol. The molecule has 4 bridgehead atoms. The molecule has 3 rings (SSSR count). The highest BCUT2D eigenvalue weighted by Gasteiger charge is 2.51. The number of fused-ring (bicyclic) bond motifs is 4. The van der Waals surface area contributed by atoms with Crippen LogP contribution in [-0.4, -0.2) is 72.1 Å². The van der Waals surface area contributed by atoms with Crippen molar-refractivity contribution < 1.29 is 32.7 Å². The molecule has 50 heavy (non-hydrogen) atoms. The third-order valence-corrected chi connectivity index (χ3v) is 20.9. The summed E-state index contributed by atoms with van der Waals surface area (Å²) in [6, 6.07) is 0. The van der Waals surface area contributed by atoms with Gasteiger partial charge in [-0.05, 0) is 62.5 Å². The van der Waals surface area contributed by atoms with Gasteiger partial charge in [-0.2, -0.15) is 0 Å². The van der Waals surface area contributed by atoms with Crippen molar-refractivity contribution in [3.05, 3.63) is 60.3 Å². The predicted octanol–water partition coefficient (Wildman–Crippen LogP) is 9.82. The molecule has 0 aromatic rings. The van der Waals surface area contributed by atoms with Gasteiger partial charge in [0.15, 0.2) is 16.6 Å². The lowest BCUT2D eigenvalue weighted by atomic mass is 9.73. The van der Waals surface area contributed by atoms with Crippen LogP contribution in [0.25, 0.3) is 0 Å². The Hall–Kier alpha value is -1.89. The van der Waals surface area contributed by atoms with Crippen molar-refractivity contribution in [2.24, 2.45) is 11.3 Å². The molecule has 0 spiro atoms. The molecule has 0 aromatic heterocycles. The summed E-state index contributed by atoms with van der Waals surface area (Å²) in [5.74, 6) is -0.204. The standard InChI is InChI=1S/C41H68O7Si2/c1-30-20-16-14-17-22-33-28-37(41(9,36(46-33)24-25-42)29-44-49(10,11)39(3,4)5)47-38(43)23-19-15-18-21-32-27-35(31(2)34(26-30)45-32)48-50(12,13)40(6,7)8/h15-20,22-23,25-26,31-37H,14,21,24,27-29H2,1-13H3/b18-15-,20-16-,22-17-,23-19-,30-26-/t31-,32+,33+,34-,35+,36-,37+,41-/m0/s1. The first-order chi connectivity index (χ1) is 23.1. The fraction of sp³-hybridized carbons (Fsp3) is 0.707. The van der Waals surface area contributed by atoms with Crippen LogP contribution >= 0.6 is 0 Å². The Morgan fingerprint density at radius 3 is 2.26 bits per heavy atom. The maximum absolute atomic E-state index is 13.3. The van der Waals surface area contributed by atoms with E-state index in [4.69, 9.17) is 23.1 Å². The monoisotopic (exact) mass is 728 g/mol. The van der Waals surface area contributed by atoms with Crippen molar-refractivity contribution in [1.29, 1.82) is 0 Å². The molecule has 0 amide bonds. The molecule has 3 aliphatic heterocycles. The number of hydrogen-bond donors (Lipinski definition) is 0. The van der Waals surface area contributed by atoms with Gasteiger partial charge < -0.3 is 27.9 Å². The Kier molecular flexibility index (Phi) is 14.7. The number of allylic oxidation sites excluding steroid dienone is 6. The third kappa shape index (κ3) is 11.3. The second-order valence-corrected chi connectivity index (χ2v) is 27.6. The van der Waals surface area contributed by atoms with E-state index in [1.54, 1.807) is 6.08 Å². The molecule has 282 valence electrons. The minimum absolute atomic E-state index is 0.000314. The van der Waals surface area contributed by atoms with Crippen LogP contribution in [0.3, 0.4) is 0 Å². The van der Waals surface area contributed by atoms with Crippen LogP contribution in [0, 0.1) is 11.3 Å². The van der Waals surface area contributed by atoms with Crippen molar-refractivity contribution in [3.8, 4) is 0 Å². The van der Waals surface area contributed by atoms with Crippen molar-refractivity contribution in [3.63, 3.8) is 0 Å². The van der Waals surface area contributed by atoms with Gasteiger partial charge in [-0.15, -0.1) is 0 Å². The lowest BCUT2D eigenvalue weighted by Crippen LogP contribution is -2.57. The van der Waals surface area contributed by atoms with Gasteiger partial charge in [-0.25, -0.2) is 4.79 Å². The van der Waals surface area contributed by atoms with E-state index in [1.165, 1.54) is 6.08 Å². The zero-order valence-corrected chi connectivity index (χ0v) is 35.4. The first-order valence-electron chi connectivity index (χ1n) is 18.7. The van der Waals surface area contributed by atoms with E-state index in [0.29, 0.717) is 25.9 Å². The molecular formula is C41H68O7Si2. The first-order valence-corrected chi connectivity index (χ1v) is 24.5. The van der Waals surface area contributed by atoms with Crippen molar-refractivity contribution >= 4 is 28.9 Å². The highest BCUT2D eigenvalue weighted by atomic mass is 28.4. The maximum atomic E-state index is 13.3. The van der Waals surface area contributed by atoms with E-state index < -0.39 is 40.2 Å². The molecule has 0 saturated carbocycles. The molecular weight excluding hydrogens is 661 g/mol. The van der Waals surface area contributed by atoms with E-state index in [2.05, 4.69) is 112 Å². The zero-order chi connectivity index (χ0) is 37.5. The SMILES string of the molecule is CC1=C/[C@@H]2O[C@H](C/C=C\C=C/C(=O)O[C@@H]3C[C@@H](/C=C\C/C=C\1)O[C@@H](CC=O)[C@]3(C)CO[Si](C)(C)C(C)(C)C)C[C@@H](O[Si](C)(C)C(C)(C)C)[C@H]2C. The van der Waals surface area contributed by atoms with Gasteiger partial charge in [0, 0.05) is 31.4 Å². The number of ether oxygens (including phenoxy) is 3. The highest BCUT2D eigenvalue weighted by molar-refractivity contribution is 6.74. The summed E-state index contributed by atoms with van der Waals surface area (Å²) in [5.41, 5.74) is 0.452. The molecule has 0 radical (unpaired) electrons. The van der Waals surface area contributed by atoms with Gasteiger partial charge in [-0.1, -0.05) is 110 Å². The van der Waals surface area contributed by atoms with Crippen LogP contribution < -0.4 is 0 Å². The summed E-state index contributed by atoms with van der Waals surface area (Å²) < 4.78 is 33.1. The lowest BCUT2D eigenvalue weighted by molar-refractivity contribution is -0.198. The molecule has 7 nitrogen and oxygen atoms in total. The summed E-state index contributed by atoms with van der Waals surface area (Å²) in [7, 11) is -4.12. The summed E-state index contributed by atoms with van der Waals surface area (Å²) in [4.78, 5) is 25.2. The molecule has 0 unspecified atom stereocenters. The average Bonchev–Trinajstić information content (AvgIpc) is 2.98. The molecule has 0 aliphatic carbocycles. The number of hydrogen-bond acceptors (Lipinski definition) is 7. The predicted molar refractivity (Wildman–Crippen MR) is 209 cm³/mol. The summed E-state index contributed by atoms with van der Waals surface area (Å²) >= 11 is 0. The summed E-state index contributed by atoms with van der Waals surface area (Å²) in [5, 5.41) is 0.127. The number of rotatable bonds is 7. The fourth-order valence-electron chi connectivity index (χ4n) is 6.21. The van der Waals surface area contributed by atoms with Crippen molar-refractivity contribution in [2.45, 2.75) is 167 Å². The topological polar surface area (TPSA) is 80.3 Å². The van der Waals surface area contributed by atoms with Crippen LogP contribution in [0.1, 0.15) is 94.4 Å². The van der Waals surface area contributed by atoms with Gasteiger partial charge in [-0.3, -0.25) is 0 Å². The molecule has 8 atom stereocenters. The second-order valence-electron chi connectivity index (χ2n) is 18.0. The summed E-state index contributed by atoms with van der Waals surface area (Å²) in [6.45, 7) is 29.3. The van der Waals surface area contributed by atoms with Crippen LogP contribution in [0.2, 0.25) is 36.3 Å². The second kappa shape index (κ2) is 17.3. The van der Waals surface area contributed by atoms with E-state index >= 15 is 0 Å². The Morgan fingerprint density at radius 1 is 0.940 bits per heavy atom. The number of aldehydes is 1. The van der Waals surface area contributed by atoms with Gasteiger partial charge in [0.25, 0.3) is 0 Å². The van der Waals surface area contributed by atoms with E-state index in [0.717, 1.165) is 18.3 Å². The Labute approximate surface area is 306 Å².